The summed E-state index contributed by atoms with van der Waals surface area (Å²) in [6.07, 6.45) is 14.0. The zero-order valence-corrected chi connectivity index (χ0v) is 17.3. The number of hydrogen-bond donors (Lipinski definition) is 2. The average Bonchev–Trinajstić information content (AvgIpc) is 2.53. The largest absolute Gasteiger partial charge is 0.343 e. The first-order valence-electron chi connectivity index (χ1n) is 9.44. The van der Waals surface area contributed by atoms with Crippen LogP contribution in [0.2, 0.25) is 0 Å². The lowest BCUT2D eigenvalue weighted by Gasteiger charge is -2.22. The molecule has 4 nitrogen and oxygen atoms in total. The van der Waals surface area contributed by atoms with Crippen LogP contribution in [0.3, 0.4) is 0 Å². The second-order valence-corrected chi connectivity index (χ2v) is 6.24. The molecule has 0 rings (SSSR count). The van der Waals surface area contributed by atoms with Crippen molar-refractivity contribution in [3.63, 3.8) is 0 Å². The lowest BCUT2D eigenvalue weighted by atomic mass is 10.1. The zero-order chi connectivity index (χ0) is 16.5. The molecule has 0 aliphatic carbocycles. The van der Waals surface area contributed by atoms with E-state index < -0.39 is 0 Å². The molecule has 0 aromatic rings. The fourth-order valence-corrected chi connectivity index (χ4v) is 2.67. The third-order valence-corrected chi connectivity index (χ3v) is 4.11. The highest BCUT2D eigenvalue weighted by molar-refractivity contribution is 5.85. The molecular weight excluding hydrogens is 345 g/mol. The number of unbranched alkanes of at least 4 members (excludes halogenated alkanes) is 8. The number of nitrogens with zero attached hydrogens (tertiary/aromatic N) is 1. The fourth-order valence-electron chi connectivity index (χ4n) is 2.67. The first-order valence-corrected chi connectivity index (χ1v) is 9.44. The summed E-state index contributed by atoms with van der Waals surface area (Å²) in [6.45, 7) is 5.11. The lowest BCUT2D eigenvalue weighted by molar-refractivity contribution is -0.131. The van der Waals surface area contributed by atoms with Crippen molar-refractivity contribution in [2.75, 3.05) is 26.2 Å². The van der Waals surface area contributed by atoms with Crippen LogP contribution in [0.15, 0.2) is 0 Å². The molecule has 148 valence electrons. The average molecular weight is 386 g/mol. The standard InChI is InChI=1S/C18H39N3O.2ClH/c1-2-3-4-5-6-7-8-9-10-13-18(22)21(16-11-14-19)17-12-15-20;;/h2-17,19-20H2,1H3;2*1H. The quantitative estimate of drug-likeness (QED) is 0.389. The molecule has 1 amide bonds. The Hall–Kier alpha value is -0.0300. The van der Waals surface area contributed by atoms with E-state index in [1.807, 2.05) is 4.90 Å². The van der Waals surface area contributed by atoms with Crippen molar-refractivity contribution in [3.05, 3.63) is 0 Å². The van der Waals surface area contributed by atoms with Crippen LogP contribution in [0, 0.1) is 0 Å². The Kier molecular flexibility index (Phi) is 27.5. The Labute approximate surface area is 162 Å². The van der Waals surface area contributed by atoms with E-state index in [0.29, 0.717) is 19.5 Å². The van der Waals surface area contributed by atoms with Crippen LogP contribution in [-0.2, 0) is 4.79 Å². The molecule has 0 aliphatic heterocycles. The minimum Gasteiger partial charge on any atom is -0.343 e. The van der Waals surface area contributed by atoms with Gasteiger partial charge >= 0.3 is 0 Å². The zero-order valence-electron chi connectivity index (χ0n) is 15.6. The SMILES string of the molecule is CCCCCCCCCCCC(=O)N(CCCN)CCCN.Cl.Cl. The van der Waals surface area contributed by atoms with Crippen molar-refractivity contribution in [1.82, 2.24) is 4.90 Å². The van der Waals surface area contributed by atoms with E-state index >= 15 is 0 Å². The smallest absolute Gasteiger partial charge is 0.222 e. The van der Waals surface area contributed by atoms with E-state index in [2.05, 4.69) is 6.92 Å². The Morgan fingerprint density at radius 1 is 0.708 bits per heavy atom. The van der Waals surface area contributed by atoms with Crippen LogP contribution >= 0.6 is 24.8 Å². The van der Waals surface area contributed by atoms with Crippen LogP contribution < -0.4 is 11.5 Å². The van der Waals surface area contributed by atoms with E-state index in [4.69, 9.17) is 11.5 Å². The van der Waals surface area contributed by atoms with Crippen molar-refractivity contribution in [3.8, 4) is 0 Å². The van der Waals surface area contributed by atoms with Crippen molar-refractivity contribution in [2.45, 2.75) is 84.0 Å². The summed E-state index contributed by atoms with van der Waals surface area (Å²) in [5.74, 6) is 0.282. The molecule has 0 aromatic carbocycles. The molecule has 0 aromatic heterocycles. The number of nitrogens with two attached hydrogens (primary N) is 2. The number of rotatable bonds is 16. The predicted molar refractivity (Wildman–Crippen MR) is 110 cm³/mol. The maximum Gasteiger partial charge on any atom is 0.222 e. The lowest BCUT2D eigenvalue weighted by Crippen LogP contribution is -2.34. The molecule has 0 aliphatic rings. The molecule has 24 heavy (non-hydrogen) atoms. The highest BCUT2D eigenvalue weighted by Gasteiger charge is 2.11. The predicted octanol–water partition coefficient (Wildman–Crippen LogP) is 4.28. The van der Waals surface area contributed by atoms with Gasteiger partial charge in [0.1, 0.15) is 0 Å². The highest BCUT2D eigenvalue weighted by Crippen LogP contribution is 2.11. The molecule has 0 unspecified atom stereocenters. The second-order valence-electron chi connectivity index (χ2n) is 6.24. The van der Waals surface area contributed by atoms with Gasteiger partial charge in [0.25, 0.3) is 0 Å². The number of hydrogen-bond acceptors (Lipinski definition) is 3. The summed E-state index contributed by atoms with van der Waals surface area (Å²) in [5, 5.41) is 0. The molecule has 6 heteroatoms. The van der Waals surface area contributed by atoms with Gasteiger partial charge < -0.3 is 16.4 Å². The fraction of sp³-hybridized carbons (Fsp3) is 0.944. The molecule has 0 bridgehead atoms. The van der Waals surface area contributed by atoms with Gasteiger partial charge in [-0.15, -0.1) is 24.8 Å². The van der Waals surface area contributed by atoms with Gasteiger partial charge in [-0.1, -0.05) is 58.3 Å². The third-order valence-electron chi connectivity index (χ3n) is 4.11. The van der Waals surface area contributed by atoms with Gasteiger partial charge in [0.2, 0.25) is 5.91 Å². The normalized spacial score (nSPS) is 9.96. The summed E-state index contributed by atoms with van der Waals surface area (Å²) < 4.78 is 0. The maximum atomic E-state index is 12.2. The molecule has 4 N–H and O–H groups in total. The minimum absolute atomic E-state index is 0. The number of halogens is 2. The van der Waals surface area contributed by atoms with Crippen molar-refractivity contribution >= 4 is 30.7 Å². The highest BCUT2D eigenvalue weighted by atomic mass is 35.5. The van der Waals surface area contributed by atoms with Gasteiger partial charge in [-0.25, -0.2) is 0 Å². The molecule has 0 saturated heterocycles. The van der Waals surface area contributed by atoms with Crippen LogP contribution in [-0.4, -0.2) is 37.0 Å². The minimum atomic E-state index is 0. The van der Waals surface area contributed by atoms with Gasteiger partial charge in [0.05, 0.1) is 0 Å². The van der Waals surface area contributed by atoms with Gasteiger partial charge in [-0.3, -0.25) is 4.79 Å². The summed E-state index contributed by atoms with van der Waals surface area (Å²) >= 11 is 0. The first kappa shape index (κ1) is 28.8. The van der Waals surface area contributed by atoms with Gasteiger partial charge in [-0.05, 0) is 32.4 Å². The molecule has 0 radical (unpaired) electrons. The van der Waals surface area contributed by atoms with Crippen LogP contribution in [0.5, 0.6) is 0 Å². The molecule has 0 atom stereocenters. The van der Waals surface area contributed by atoms with Crippen molar-refractivity contribution in [2.24, 2.45) is 11.5 Å². The summed E-state index contributed by atoms with van der Waals surface area (Å²) in [5.41, 5.74) is 11.1. The van der Waals surface area contributed by atoms with Gasteiger partial charge in [0, 0.05) is 19.5 Å². The van der Waals surface area contributed by atoms with E-state index in [1.54, 1.807) is 0 Å². The van der Waals surface area contributed by atoms with E-state index in [-0.39, 0.29) is 30.7 Å². The van der Waals surface area contributed by atoms with Crippen LogP contribution in [0.4, 0.5) is 0 Å². The number of carbonyl (C=O) groups is 1. The Morgan fingerprint density at radius 2 is 1.12 bits per heavy atom. The van der Waals surface area contributed by atoms with E-state index in [9.17, 15) is 4.79 Å². The van der Waals surface area contributed by atoms with Crippen LogP contribution in [0.25, 0.3) is 0 Å². The molecule has 0 saturated carbocycles. The summed E-state index contributed by atoms with van der Waals surface area (Å²) in [4.78, 5) is 14.2. The molecule has 0 spiro atoms. The van der Waals surface area contributed by atoms with Crippen molar-refractivity contribution < 1.29 is 4.79 Å². The topological polar surface area (TPSA) is 72.3 Å². The molecule has 0 fully saturated rings. The first-order chi connectivity index (χ1) is 10.8. The van der Waals surface area contributed by atoms with Crippen molar-refractivity contribution in [1.29, 1.82) is 0 Å². The van der Waals surface area contributed by atoms with E-state index in [0.717, 1.165) is 32.4 Å². The van der Waals surface area contributed by atoms with Crippen LogP contribution in [0.1, 0.15) is 84.0 Å². The number of amides is 1. The molecule has 0 heterocycles. The van der Waals surface area contributed by atoms with Gasteiger partial charge in [-0.2, -0.15) is 0 Å². The summed E-state index contributed by atoms with van der Waals surface area (Å²) in [7, 11) is 0. The Balaban J connectivity index is -0.00000220. The number of carbonyl (C=O) groups excluding carboxylic acids is 1. The molecular formula is C18H41Cl2N3O. The van der Waals surface area contributed by atoms with Gasteiger partial charge in [0.15, 0.2) is 0 Å². The van der Waals surface area contributed by atoms with E-state index in [1.165, 1.54) is 51.4 Å². The maximum absolute atomic E-state index is 12.2. The monoisotopic (exact) mass is 385 g/mol. The summed E-state index contributed by atoms with van der Waals surface area (Å²) in [6, 6.07) is 0. The second kappa shape index (κ2) is 23.0. The third kappa shape index (κ3) is 18.3. The Morgan fingerprint density at radius 3 is 1.54 bits per heavy atom. The Bertz CT molecular complexity index is 248.